The average molecular weight is 1080 g/mol. The summed E-state index contributed by atoms with van der Waals surface area (Å²) in [7, 11) is 1.55. The Kier molecular flexibility index (Phi) is 56.0. The zero-order valence-corrected chi connectivity index (χ0v) is 51.4. The summed E-state index contributed by atoms with van der Waals surface area (Å²) in [6.45, 7) is 4.83. The van der Waals surface area contributed by atoms with Crippen molar-refractivity contribution in [2.24, 2.45) is 0 Å². The number of unbranched alkanes of at least 4 members (excludes halogenated alkanes) is 41. The van der Waals surface area contributed by atoms with E-state index in [-0.39, 0.29) is 19.1 Å². The van der Waals surface area contributed by atoms with Gasteiger partial charge in [0.05, 0.1) is 39.9 Å². The third-order valence-electron chi connectivity index (χ3n) is 14.7. The molecule has 0 aromatic carbocycles. The number of phosphoric acid groups is 1. The van der Waals surface area contributed by atoms with Crippen LogP contribution >= 0.6 is 7.82 Å². The molecule has 0 aromatic heterocycles. The number of aliphatic hydroxyl groups is 1. The summed E-state index contributed by atoms with van der Waals surface area (Å²) in [4.78, 5) is 23.4. The van der Waals surface area contributed by atoms with Crippen LogP contribution in [0.3, 0.4) is 0 Å². The van der Waals surface area contributed by atoms with Gasteiger partial charge in [0.25, 0.3) is 0 Å². The van der Waals surface area contributed by atoms with Crippen LogP contribution in [0.2, 0.25) is 0 Å². The fraction of sp³-hybridized carbons (Fsp3) is 0.864. The molecule has 8 nitrogen and oxygen atoms in total. The molecule has 0 aliphatic carbocycles. The first kappa shape index (κ1) is 73.5. The van der Waals surface area contributed by atoms with Crippen molar-refractivity contribution in [1.82, 2.24) is 5.32 Å². The van der Waals surface area contributed by atoms with Crippen molar-refractivity contribution in [3.63, 3.8) is 0 Å². The normalized spacial score (nSPS) is 14.1. The van der Waals surface area contributed by atoms with Gasteiger partial charge in [0.1, 0.15) is 13.2 Å². The number of carbonyl (C=O) groups is 1. The molecule has 3 unspecified atom stereocenters. The van der Waals surface area contributed by atoms with Gasteiger partial charge in [-0.2, -0.15) is 0 Å². The summed E-state index contributed by atoms with van der Waals surface area (Å²) in [6.07, 6.45) is 76.8. The molecule has 0 aromatic rings. The highest BCUT2D eigenvalue weighted by Crippen LogP contribution is 2.43. The van der Waals surface area contributed by atoms with Crippen LogP contribution in [0, 0.1) is 0 Å². The summed E-state index contributed by atoms with van der Waals surface area (Å²) < 4.78 is 23.7. The van der Waals surface area contributed by atoms with E-state index in [9.17, 15) is 19.4 Å². The Labute approximate surface area is 467 Å². The highest BCUT2D eigenvalue weighted by atomic mass is 31.2. The third kappa shape index (κ3) is 60.0. The van der Waals surface area contributed by atoms with Crippen molar-refractivity contribution < 1.29 is 32.9 Å². The molecule has 0 aliphatic rings. The molecule has 0 rings (SSSR count). The van der Waals surface area contributed by atoms with Crippen LogP contribution in [-0.4, -0.2) is 73.4 Å². The second kappa shape index (κ2) is 57.2. The highest BCUT2D eigenvalue weighted by molar-refractivity contribution is 7.47. The predicted molar refractivity (Wildman–Crippen MR) is 327 cm³/mol. The number of likely N-dealkylation sites (N-methyl/N-ethyl adjacent to an activating group) is 1. The molecule has 0 saturated carbocycles. The first-order chi connectivity index (χ1) is 36.5. The maximum atomic E-state index is 13.0. The summed E-state index contributed by atoms with van der Waals surface area (Å²) in [5, 5.41) is 14.0. The van der Waals surface area contributed by atoms with Gasteiger partial charge in [-0.05, 0) is 70.6 Å². The van der Waals surface area contributed by atoms with Gasteiger partial charge in [-0.15, -0.1) is 0 Å². The number of quaternary nitrogens is 1. The van der Waals surface area contributed by atoms with Crippen molar-refractivity contribution in [2.75, 3.05) is 40.9 Å². The molecule has 0 aliphatic heterocycles. The molecular weight excluding hydrogens is 948 g/mol. The molecule has 75 heavy (non-hydrogen) atoms. The van der Waals surface area contributed by atoms with E-state index in [2.05, 4.69) is 55.6 Å². The monoisotopic (exact) mass is 1080 g/mol. The minimum atomic E-state index is -4.36. The molecule has 0 heterocycles. The Morgan fingerprint density at radius 3 is 1.07 bits per heavy atom. The summed E-state index contributed by atoms with van der Waals surface area (Å²) in [5.74, 6) is -0.187. The molecule has 3 N–H and O–H groups in total. The second-order valence-electron chi connectivity index (χ2n) is 23.5. The van der Waals surface area contributed by atoms with E-state index >= 15 is 0 Å². The zero-order valence-electron chi connectivity index (χ0n) is 50.6. The highest BCUT2D eigenvalue weighted by Gasteiger charge is 2.27. The maximum Gasteiger partial charge on any atom is 0.472 e. The minimum Gasteiger partial charge on any atom is -0.387 e. The molecule has 3 atom stereocenters. The second-order valence-corrected chi connectivity index (χ2v) is 24.9. The third-order valence-corrected chi connectivity index (χ3v) is 15.7. The van der Waals surface area contributed by atoms with Crippen LogP contribution in [0.4, 0.5) is 0 Å². The minimum absolute atomic E-state index is 0.0537. The lowest BCUT2D eigenvalue weighted by molar-refractivity contribution is -0.870. The number of nitrogens with one attached hydrogen (secondary N) is 1. The largest absolute Gasteiger partial charge is 0.472 e. The van der Waals surface area contributed by atoms with Gasteiger partial charge >= 0.3 is 7.82 Å². The molecule has 9 heteroatoms. The number of rotatable bonds is 60. The van der Waals surface area contributed by atoms with Gasteiger partial charge in [0.2, 0.25) is 5.91 Å². The molecule has 0 bridgehead atoms. The van der Waals surface area contributed by atoms with Gasteiger partial charge in [0, 0.05) is 6.42 Å². The SMILES string of the molecule is CCCCCCCCCCCCCC/C=C\CCCCCCCCCCCCCCCC(=O)NC(COP(=O)(O)OCC[N+](C)(C)C)C(O)/C=C/CC/C=C/CC/C=C/CCCCCCCCCCCCCCCC. The van der Waals surface area contributed by atoms with Crippen molar-refractivity contribution in [3.8, 4) is 0 Å². The lowest BCUT2D eigenvalue weighted by Gasteiger charge is -2.25. The van der Waals surface area contributed by atoms with Crippen LogP contribution in [0.25, 0.3) is 0 Å². The van der Waals surface area contributed by atoms with E-state index in [0.717, 1.165) is 44.9 Å². The van der Waals surface area contributed by atoms with E-state index in [1.165, 1.54) is 250 Å². The Morgan fingerprint density at radius 2 is 0.733 bits per heavy atom. The number of hydrogen-bond donors (Lipinski definition) is 3. The lowest BCUT2D eigenvalue weighted by Crippen LogP contribution is -2.45. The Morgan fingerprint density at radius 1 is 0.440 bits per heavy atom. The number of phosphoric ester groups is 1. The zero-order chi connectivity index (χ0) is 54.9. The molecule has 0 radical (unpaired) electrons. The van der Waals surface area contributed by atoms with E-state index < -0.39 is 20.0 Å². The van der Waals surface area contributed by atoms with Crippen LogP contribution in [0.15, 0.2) is 48.6 Å². The van der Waals surface area contributed by atoms with E-state index in [0.29, 0.717) is 17.4 Å². The van der Waals surface area contributed by atoms with Crippen molar-refractivity contribution >= 4 is 13.7 Å². The van der Waals surface area contributed by atoms with Crippen LogP contribution in [-0.2, 0) is 18.4 Å². The van der Waals surface area contributed by atoms with E-state index in [1.807, 2.05) is 27.2 Å². The van der Waals surface area contributed by atoms with Crippen molar-refractivity contribution in [3.05, 3.63) is 48.6 Å². The number of nitrogens with zero attached hydrogens (tertiary/aromatic N) is 1. The van der Waals surface area contributed by atoms with Crippen LogP contribution < -0.4 is 5.32 Å². The van der Waals surface area contributed by atoms with Gasteiger partial charge in [-0.1, -0.05) is 287 Å². The quantitative estimate of drug-likeness (QED) is 0.0243. The lowest BCUT2D eigenvalue weighted by atomic mass is 10.0. The van der Waals surface area contributed by atoms with Crippen LogP contribution in [0.5, 0.6) is 0 Å². The average Bonchev–Trinajstić information content (AvgIpc) is 3.37. The first-order valence-electron chi connectivity index (χ1n) is 32.5. The van der Waals surface area contributed by atoms with Crippen molar-refractivity contribution in [2.45, 2.75) is 328 Å². The van der Waals surface area contributed by atoms with E-state index in [4.69, 9.17) is 9.05 Å². The predicted octanol–water partition coefficient (Wildman–Crippen LogP) is 20.3. The number of carbonyl (C=O) groups excluding carboxylic acids is 1. The first-order valence-corrected chi connectivity index (χ1v) is 34.0. The number of amides is 1. The molecule has 1 amide bonds. The Hall–Kier alpha value is -1.54. The van der Waals surface area contributed by atoms with Gasteiger partial charge in [0.15, 0.2) is 0 Å². The molecular formula is C66H128N2O6P+. The molecule has 442 valence electrons. The Bertz CT molecular complexity index is 1360. The maximum absolute atomic E-state index is 13.0. The van der Waals surface area contributed by atoms with Gasteiger partial charge in [-0.3, -0.25) is 13.8 Å². The number of hydrogen-bond acceptors (Lipinski definition) is 5. The molecule has 0 saturated heterocycles. The fourth-order valence-electron chi connectivity index (χ4n) is 9.66. The topological polar surface area (TPSA) is 105 Å². The summed E-state index contributed by atoms with van der Waals surface area (Å²) in [6, 6.07) is -0.871. The van der Waals surface area contributed by atoms with Gasteiger partial charge < -0.3 is 19.8 Å². The fourth-order valence-corrected chi connectivity index (χ4v) is 10.4. The smallest absolute Gasteiger partial charge is 0.387 e. The van der Waals surface area contributed by atoms with Gasteiger partial charge in [-0.25, -0.2) is 4.57 Å². The number of aliphatic hydroxyl groups excluding tert-OH is 1. The summed E-state index contributed by atoms with van der Waals surface area (Å²) in [5.41, 5.74) is 0. The standard InChI is InChI=1S/C66H127N2O6P/c1-6-8-10-12-14-16-18-20-22-24-26-28-30-32-33-34-35-36-38-40-42-44-46-48-50-52-54-56-58-60-66(70)67-64(63-74-75(71,72)73-62-61-68(3,4)5)65(69)59-57-55-53-51-49-47-45-43-41-39-37-31-29-27-25-23-21-19-17-15-13-11-9-7-2/h32-33,41,43,49,51,57,59,64-65,69H,6-31,34-40,42,44-48,50,52-56,58,60-63H2,1-5H3,(H-,67,70,71,72)/p+1/b33-32-,43-41+,51-49+,59-57+. The molecule has 0 fully saturated rings. The van der Waals surface area contributed by atoms with E-state index in [1.54, 1.807) is 6.08 Å². The van der Waals surface area contributed by atoms with Crippen molar-refractivity contribution in [1.29, 1.82) is 0 Å². The number of allylic oxidation sites excluding steroid dienone is 7. The molecule has 0 spiro atoms. The Balaban J connectivity index is 4.17. The summed E-state index contributed by atoms with van der Waals surface area (Å²) >= 11 is 0. The van der Waals surface area contributed by atoms with Crippen LogP contribution in [0.1, 0.15) is 316 Å².